The molecule has 21 heavy (non-hydrogen) atoms. The summed E-state index contributed by atoms with van der Waals surface area (Å²) in [7, 11) is 0. The highest BCUT2D eigenvalue weighted by atomic mass is 16.5. The molecule has 0 fully saturated rings. The third-order valence-corrected chi connectivity index (χ3v) is 3.44. The summed E-state index contributed by atoms with van der Waals surface area (Å²) in [6.07, 6.45) is -0.811. The third-order valence-electron chi connectivity index (χ3n) is 3.44. The second-order valence-corrected chi connectivity index (χ2v) is 7.85. The molecule has 0 saturated heterocycles. The van der Waals surface area contributed by atoms with E-state index in [0.29, 0.717) is 18.1 Å². The van der Waals surface area contributed by atoms with Crippen LogP contribution in [0.25, 0.3) is 0 Å². The van der Waals surface area contributed by atoms with Crippen LogP contribution in [0.1, 0.15) is 48.5 Å². The van der Waals surface area contributed by atoms with Gasteiger partial charge in [-0.05, 0) is 23.7 Å². The lowest BCUT2D eigenvalue weighted by atomic mass is 9.67. The molecule has 0 radical (unpaired) electrons. The molecule has 1 N–H and O–H groups in total. The van der Waals surface area contributed by atoms with Gasteiger partial charge in [-0.1, -0.05) is 48.1 Å². The van der Waals surface area contributed by atoms with E-state index >= 15 is 0 Å². The molecule has 0 aromatic heterocycles. The van der Waals surface area contributed by atoms with Gasteiger partial charge in [0.15, 0.2) is 0 Å². The number of hydrogen-bond donors (Lipinski definition) is 1. The lowest BCUT2D eigenvalue weighted by Gasteiger charge is -2.40. The number of esters is 1. The molecular weight excluding hydrogens is 268 g/mol. The van der Waals surface area contributed by atoms with Crippen molar-refractivity contribution in [2.24, 2.45) is 16.7 Å². The average molecular weight is 300 g/mol. The van der Waals surface area contributed by atoms with E-state index in [0.717, 1.165) is 0 Å². The summed E-state index contributed by atoms with van der Waals surface area (Å²) in [4.78, 5) is 11.2. The maximum Gasteiger partial charge on any atom is 0.333 e. The highest BCUT2D eigenvalue weighted by Crippen LogP contribution is 2.39. The fourth-order valence-corrected chi connectivity index (χ4v) is 2.46. The van der Waals surface area contributed by atoms with Crippen LogP contribution in [0.4, 0.5) is 0 Å². The summed E-state index contributed by atoms with van der Waals surface area (Å²) in [6.45, 7) is 18.9. The first-order valence-electron chi connectivity index (χ1n) is 7.44. The maximum atomic E-state index is 11.2. The van der Waals surface area contributed by atoms with Crippen LogP contribution in [0.2, 0.25) is 0 Å². The first kappa shape index (κ1) is 20.1. The molecule has 0 aromatic rings. The quantitative estimate of drug-likeness (QED) is 0.579. The molecule has 0 aromatic carbocycles. The van der Waals surface area contributed by atoms with E-state index in [1.807, 2.05) is 0 Å². The Balaban J connectivity index is 4.22. The van der Waals surface area contributed by atoms with Crippen molar-refractivity contribution >= 4 is 5.97 Å². The van der Waals surface area contributed by atoms with Gasteiger partial charge in [0.1, 0.15) is 12.7 Å². The van der Waals surface area contributed by atoms with Crippen molar-refractivity contribution in [1.29, 1.82) is 0 Å². The number of aliphatic hydroxyl groups is 1. The van der Waals surface area contributed by atoms with Gasteiger partial charge in [0.25, 0.3) is 0 Å². The topological polar surface area (TPSA) is 55.8 Å². The largest absolute Gasteiger partial charge is 0.460 e. The molecule has 124 valence electrons. The number of aliphatic hydroxyl groups excluding tert-OH is 1. The van der Waals surface area contributed by atoms with E-state index in [4.69, 9.17) is 9.47 Å². The van der Waals surface area contributed by atoms with Gasteiger partial charge in [0.2, 0.25) is 0 Å². The van der Waals surface area contributed by atoms with Gasteiger partial charge in [0.05, 0.1) is 13.2 Å². The number of ether oxygens (including phenoxy) is 2. The second kappa shape index (κ2) is 7.95. The minimum Gasteiger partial charge on any atom is -0.460 e. The summed E-state index contributed by atoms with van der Waals surface area (Å²) < 4.78 is 10.5. The van der Waals surface area contributed by atoms with Crippen molar-refractivity contribution in [3.8, 4) is 0 Å². The first-order valence-corrected chi connectivity index (χ1v) is 7.44. The predicted molar refractivity (Wildman–Crippen MR) is 85.0 cm³/mol. The molecule has 0 heterocycles. The fraction of sp³-hybridized carbons (Fsp3) is 0.824. The minimum atomic E-state index is -0.811. The standard InChI is InChI=1S/C17H32O4/c1-12(2)15(19)21-10-13(18)9-20-11-14(16(3,4)5)17(6,7)8/h13-14,18H,1,9-11H2,2-8H3. The van der Waals surface area contributed by atoms with Gasteiger partial charge in [-0.2, -0.15) is 0 Å². The second-order valence-electron chi connectivity index (χ2n) is 7.85. The van der Waals surface area contributed by atoms with Crippen LogP contribution in [0, 0.1) is 16.7 Å². The van der Waals surface area contributed by atoms with Gasteiger partial charge in [-0.15, -0.1) is 0 Å². The SMILES string of the molecule is C=C(C)C(=O)OCC(O)COCC(C(C)(C)C)C(C)(C)C. The summed E-state index contributed by atoms with van der Waals surface area (Å²) in [5.74, 6) is -0.133. The smallest absolute Gasteiger partial charge is 0.333 e. The monoisotopic (exact) mass is 300 g/mol. The van der Waals surface area contributed by atoms with Crippen LogP contribution in [-0.2, 0) is 14.3 Å². The highest BCUT2D eigenvalue weighted by molar-refractivity contribution is 5.86. The van der Waals surface area contributed by atoms with Gasteiger partial charge >= 0.3 is 5.97 Å². The van der Waals surface area contributed by atoms with E-state index in [1.165, 1.54) is 0 Å². The zero-order valence-electron chi connectivity index (χ0n) is 14.7. The van der Waals surface area contributed by atoms with Gasteiger partial charge in [-0.25, -0.2) is 4.79 Å². The minimum absolute atomic E-state index is 0.0681. The molecule has 0 rings (SSSR count). The molecule has 0 saturated carbocycles. The van der Waals surface area contributed by atoms with E-state index in [-0.39, 0.29) is 24.0 Å². The summed E-state index contributed by atoms with van der Waals surface area (Å²) in [5.41, 5.74) is 0.564. The van der Waals surface area contributed by atoms with Crippen molar-refractivity contribution < 1.29 is 19.4 Å². The molecule has 1 unspecified atom stereocenters. The molecule has 4 nitrogen and oxygen atoms in total. The van der Waals surface area contributed by atoms with E-state index in [1.54, 1.807) is 6.92 Å². The molecule has 0 aliphatic rings. The Kier molecular flexibility index (Phi) is 7.62. The zero-order chi connectivity index (χ0) is 16.8. The van der Waals surface area contributed by atoms with E-state index in [2.05, 4.69) is 48.1 Å². The van der Waals surface area contributed by atoms with Crippen molar-refractivity contribution in [2.45, 2.75) is 54.6 Å². The lowest BCUT2D eigenvalue weighted by Crippen LogP contribution is -2.37. The molecular formula is C17H32O4. The number of carbonyl (C=O) groups is 1. The molecule has 1 atom stereocenters. The van der Waals surface area contributed by atoms with Crippen molar-refractivity contribution in [1.82, 2.24) is 0 Å². The maximum absolute atomic E-state index is 11.2. The fourth-order valence-electron chi connectivity index (χ4n) is 2.46. The Morgan fingerprint density at radius 3 is 1.90 bits per heavy atom. The van der Waals surface area contributed by atoms with Gasteiger partial charge < -0.3 is 14.6 Å². The summed E-state index contributed by atoms with van der Waals surface area (Å²) in [6, 6.07) is 0. The molecule has 0 bridgehead atoms. The lowest BCUT2D eigenvalue weighted by molar-refractivity contribution is -0.143. The van der Waals surface area contributed by atoms with Crippen molar-refractivity contribution in [3.63, 3.8) is 0 Å². The Morgan fingerprint density at radius 2 is 1.52 bits per heavy atom. The average Bonchev–Trinajstić information content (AvgIpc) is 2.27. The Labute approximate surface area is 129 Å². The highest BCUT2D eigenvalue weighted by Gasteiger charge is 2.34. The van der Waals surface area contributed by atoms with Crippen molar-refractivity contribution in [3.05, 3.63) is 12.2 Å². The van der Waals surface area contributed by atoms with Crippen LogP contribution in [0.15, 0.2) is 12.2 Å². The first-order chi connectivity index (χ1) is 9.35. The summed E-state index contributed by atoms with van der Waals surface area (Å²) >= 11 is 0. The van der Waals surface area contributed by atoms with Crippen molar-refractivity contribution in [2.75, 3.05) is 19.8 Å². The predicted octanol–water partition coefficient (Wildman–Crippen LogP) is 3.19. The molecule has 4 heteroatoms. The Bertz CT molecular complexity index is 333. The molecule has 0 aliphatic carbocycles. The zero-order valence-corrected chi connectivity index (χ0v) is 14.7. The summed E-state index contributed by atoms with van der Waals surface area (Å²) in [5, 5.41) is 9.77. The number of carbonyl (C=O) groups excluding carboxylic acids is 1. The molecule has 0 spiro atoms. The van der Waals surface area contributed by atoms with E-state index in [9.17, 15) is 9.90 Å². The van der Waals surface area contributed by atoms with Gasteiger partial charge in [0, 0.05) is 5.57 Å². The van der Waals surface area contributed by atoms with Crippen LogP contribution in [0.5, 0.6) is 0 Å². The van der Waals surface area contributed by atoms with Crippen LogP contribution < -0.4 is 0 Å². The van der Waals surface area contributed by atoms with Crippen LogP contribution in [-0.4, -0.2) is 37.0 Å². The Morgan fingerprint density at radius 1 is 1.05 bits per heavy atom. The Hall–Kier alpha value is -0.870. The van der Waals surface area contributed by atoms with E-state index < -0.39 is 12.1 Å². The molecule has 0 amide bonds. The normalized spacial score (nSPS) is 14.1. The number of hydrogen-bond acceptors (Lipinski definition) is 4. The van der Waals surface area contributed by atoms with Gasteiger partial charge in [-0.3, -0.25) is 0 Å². The van der Waals surface area contributed by atoms with Crippen LogP contribution >= 0.6 is 0 Å². The molecule has 0 aliphatic heterocycles. The number of rotatable bonds is 7. The third kappa shape index (κ3) is 8.22. The van der Waals surface area contributed by atoms with Crippen LogP contribution in [0.3, 0.4) is 0 Å².